The fraction of sp³-hybridized carbons (Fsp3) is 0.696. The number of carboxylic acids is 1. The lowest BCUT2D eigenvalue weighted by Gasteiger charge is -2.20. The lowest BCUT2D eigenvalue weighted by Crippen LogP contribution is -2.20. The Bertz CT molecular complexity index is 738. The van der Waals surface area contributed by atoms with Crippen LogP contribution in [0.3, 0.4) is 0 Å². The fourth-order valence-corrected chi connectivity index (χ4v) is 3.85. The maximum absolute atomic E-state index is 10.5. The van der Waals surface area contributed by atoms with Crippen molar-refractivity contribution in [2.45, 2.75) is 76.9 Å². The van der Waals surface area contributed by atoms with Crippen molar-refractivity contribution in [3.63, 3.8) is 0 Å². The van der Waals surface area contributed by atoms with E-state index in [-0.39, 0.29) is 29.6 Å². The molecule has 0 aliphatic heterocycles. The number of alkyl halides is 1. The summed E-state index contributed by atoms with van der Waals surface area (Å²) in [5, 5.41) is 33.6. The number of sulfonamides is 1. The zero-order valence-corrected chi connectivity index (χ0v) is 21.1. The molecule has 0 aromatic rings. The molecule has 1 saturated carbocycles. The Kier molecular flexibility index (Phi) is 15.0. The van der Waals surface area contributed by atoms with Gasteiger partial charge in [-0.15, -0.1) is 11.6 Å². The van der Waals surface area contributed by atoms with E-state index < -0.39 is 28.2 Å². The zero-order chi connectivity index (χ0) is 24.9. The summed E-state index contributed by atoms with van der Waals surface area (Å²) >= 11 is 6.44. The Morgan fingerprint density at radius 3 is 2.41 bits per heavy atom. The normalized spacial score (nSPS) is 25.4. The van der Waals surface area contributed by atoms with Gasteiger partial charge in [-0.1, -0.05) is 42.9 Å². The summed E-state index contributed by atoms with van der Waals surface area (Å²) in [6.07, 6.45) is 13.4. The number of aliphatic hydroxyl groups is 2. The number of rotatable bonds is 11. The molecule has 5 N–H and O–H groups in total. The number of unbranched alkanes of at least 4 members (excludes halogenated alkanes) is 1. The van der Waals surface area contributed by atoms with E-state index in [0.29, 0.717) is 12.8 Å². The number of allylic oxidation sites excluding steroid dienone is 4. The highest BCUT2D eigenvalue weighted by Gasteiger charge is 2.39. The molecule has 7 nitrogen and oxygen atoms in total. The summed E-state index contributed by atoms with van der Waals surface area (Å²) in [5.74, 6) is -0.602. The molecule has 1 aliphatic rings. The lowest BCUT2D eigenvalue weighted by atomic mass is 9.89. The third-order valence-electron chi connectivity index (χ3n) is 5.22. The molecule has 1 unspecified atom stereocenters. The molecule has 0 amide bonds. The number of aliphatic carboxylic acids is 1. The summed E-state index contributed by atoms with van der Waals surface area (Å²) in [4.78, 5) is 10.5. The molecule has 1 fully saturated rings. The average molecular weight is 494 g/mol. The van der Waals surface area contributed by atoms with Gasteiger partial charge in [-0.25, -0.2) is 13.6 Å². The molecule has 0 aromatic heterocycles. The van der Waals surface area contributed by atoms with Gasteiger partial charge in [0.05, 0.1) is 18.5 Å². The van der Waals surface area contributed by atoms with Crippen LogP contribution >= 0.6 is 11.6 Å². The van der Waals surface area contributed by atoms with Gasteiger partial charge >= 0.3 is 5.97 Å². The Balaban J connectivity index is 0.00000172. The molecule has 186 valence electrons. The van der Waals surface area contributed by atoms with Crippen LogP contribution < -0.4 is 5.14 Å². The summed E-state index contributed by atoms with van der Waals surface area (Å²) in [6.45, 7) is 6.11. The van der Waals surface area contributed by atoms with Crippen molar-refractivity contribution >= 4 is 27.6 Å². The molecule has 1 rings (SSSR count). The number of carbonyl (C=O) groups is 1. The minimum atomic E-state index is -3.17. The van der Waals surface area contributed by atoms with Crippen molar-refractivity contribution < 1.29 is 28.5 Å². The maximum Gasteiger partial charge on any atom is 0.303 e. The highest BCUT2D eigenvalue weighted by atomic mass is 35.5. The summed E-state index contributed by atoms with van der Waals surface area (Å²) in [7, 11) is -3.17. The smallest absolute Gasteiger partial charge is 0.303 e. The first-order valence-corrected chi connectivity index (χ1v) is 13.3. The first kappa shape index (κ1) is 30.8. The minimum Gasteiger partial charge on any atom is -0.481 e. The molecule has 0 spiro atoms. The molecule has 6 atom stereocenters. The van der Waals surface area contributed by atoms with Crippen LogP contribution in [-0.2, 0) is 14.8 Å². The van der Waals surface area contributed by atoms with Gasteiger partial charge in [0.1, 0.15) is 0 Å². The monoisotopic (exact) mass is 493 g/mol. The number of nitrogens with two attached hydrogens (primary N) is 1. The second-order valence-electron chi connectivity index (χ2n) is 8.75. The molecule has 0 heterocycles. The Hall–Kier alpha value is -1.19. The van der Waals surface area contributed by atoms with E-state index in [2.05, 4.69) is 11.2 Å². The predicted molar refractivity (Wildman–Crippen MR) is 130 cm³/mol. The van der Waals surface area contributed by atoms with Crippen LogP contribution in [0.4, 0.5) is 0 Å². The van der Waals surface area contributed by atoms with E-state index in [9.17, 15) is 23.4 Å². The molecule has 0 saturated heterocycles. The molecule has 0 aromatic carbocycles. The van der Waals surface area contributed by atoms with Crippen molar-refractivity contribution in [2.75, 3.05) is 6.26 Å². The SMILES string of the molecule is CC(C)=CCC(C)[C@H](O)/C=C/[C@@H]1[C@@H](C/C=C\CCCC(=O)O)[C@H](Cl)C[C@H]1O.CS(N)(=O)=O. The first-order valence-electron chi connectivity index (χ1n) is 10.9. The van der Waals surface area contributed by atoms with Crippen molar-refractivity contribution in [3.8, 4) is 0 Å². The number of hydrogen-bond acceptors (Lipinski definition) is 5. The topological polar surface area (TPSA) is 138 Å². The van der Waals surface area contributed by atoms with Crippen LogP contribution in [0.25, 0.3) is 0 Å². The molecule has 1 aliphatic carbocycles. The molecule has 32 heavy (non-hydrogen) atoms. The molecular formula is C23H40ClNO6S. The largest absolute Gasteiger partial charge is 0.481 e. The van der Waals surface area contributed by atoms with Crippen LogP contribution in [0.2, 0.25) is 0 Å². The minimum absolute atomic E-state index is 0.0681. The highest BCUT2D eigenvalue weighted by Crippen LogP contribution is 2.39. The third kappa shape index (κ3) is 15.6. The molecule has 0 bridgehead atoms. The Morgan fingerprint density at radius 1 is 1.28 bits per heavy atom. The number of carboxylic acid groups (broad SMARTS) is 1. The van der Waals surface area contributed by atoms with Crippen molar-refractivity contribution in [1.82, 2.24) is 0 Å². The van der Waals surface area contributed by atoms with Crippen LogP contribution in [0, 0.1) is 17.8 Å². The van der Waals surface area contributed by atoms with Gasteiger partial charge in [-0.3, -0.25) is 4.79 Å². The molecular weight excluding hydrogens is 454 g/mol. The van der Waals surface area contributed by atoms with Crippen LogP contribution in [0.5, 0.6) is 0 Å². The van der Waals surface area contributed by atoms with E-state index in [1.807, 2.05) is 39.0 Å². The summed E-state index contributed by atoms with van der Waals surface area (Å²) in [6, 6.07) is 0. The van der Waals surface area contributed by atoms with Gasteiger partial charge in [0.15, 0.2) is 0 Å². The second-order valence-corrected chi connectivity index (χ2v) is 11.0. The zero-order valence-electron chi connectivity index (χ0n) is 19.5. The second kappa shape index (κ2) is 15.6. The standard InChI is InChI=1S/C22H35ClO4.CH5NO2S/c1-15(2)10-11-16(3)20(24)13-12-18-17(19(23)14-21(18)25)8-6-4-5-7-9-22(26)27;1-5(2,3)4/h4,6,10,12-13,16-21,24-25H,5,7-9,11,14H2,1-3H3,(H,26,27);1H3,(H2,2,3,4)/b6-4-,13-12+;/t16?,17-,18-,19-,20-,21-;/m1./s1. The number of hydrogen-bond donors (Lipinski definition) is 4. The van der Waals surface area contributed by atoms with Gasteiger partial charge in [-0.05, 0) is 57.8 Å². The van der Waals surface area contributed by atoms with Crippen molar-refractivity contribution in [3.05, 3.63) is 36.0 Å². The lowest BCUT2D eigenvalue weighted by molar-refractivity contribution is -0.137. The van der Waals surface area contributed by atoms with Crippen LogP contribution in [0.1, 0.15) is 59.3 Å². The van der Waals surface area contributed by atoms with Gasteiger partial charge in [0.2, 0.25) is 10.0 Å². The van der Waals surface area contributed by atoms with Crippen molar-refractivity contribution in [1.29, 1.82) is 0 Å². The number of primary sulfonamides is 1. The molecule has 9 heteroatoms. The van der Waals surface area contributed by atoms with Gasteiger partial charge < -0.3 is 15.3 Å². The first-order chi connectivity index (χ1) is 14.7. The van der Waals surface area contributed by atoms with Gasteiger partial charge in [-0.2, -0.15) is 0 Å². The fourth-order valence-electron chi connectivity index (χ4n) is 3.40. The Labute approximate surface area is 198 Å². The van der Waals surface area contributed by atoms with E-state index in [0.717, 1.165) is 25.5 Å². The van der Waals surface area contributed by atoms with E-state index in [1.165, 1.54) is 5.57 Å². The number of aliphatic hydroxyl groups excluding tert-OH is 2. The molecule has 0 radical (unpaired) electrons. The quantitative estimate of drug-likeness (QED) is 0.197. The third-order valence-corrected chi connectivity index (χ3v) is 5.72. The van der Waals surface area contributed by atoms with Gasteiger partial charge in [0.25, 0.3) is 0 Å². The predicted octanol–water partition coefficient (Wildman–Crippen LogP) is 3.61. The van der Waals surface area contributed by atoms with Crippen molar-refractivity contribution in [2.24, 2.45) is 22.9 Å². The highest BCUT2D eigenvalue weighted by molar-refractivity contribution is 7.88. The van der Waals surface area contributed by atoms with Crippen LogP contribution in [-0.4, -0.2) is 53.5 Å². The average Bonchev–Trinajstić information content (AvgIpc) is 2.91. The van der Waals surface area contributed by atoms with E-state index >= 15 is 0 Å². The maximum atomic E-state index is 10.5. The van der Waals surface area contributed by atoms with E-state index in [4.69, 9.17) is 16.7 Å². The van der Waals surface area contributed by atoms with E-state index in [1.54, 1.807) is 6.08 Å². The van der Waals surface area contributed by atoms with Crippen LogP contribution in [0.15, 0.2) is 36.0 Å². The van der Waals surface area contributed by atoms with Gasteiger partial charge in [0, 0.05) is 17.7 Å². The number of halogens is 1. The summed E-state index contributed by atoms with van der Waals surface area (Å²) < 4.78 is 18.8. The summed E-state index contributed by atoms with van der Waals surface area (Å²) in [5.41, 5.74) is 1.24. The Morgan fingerprint density at radius 2 is 1.88 bits per heavy atom.